The van der Waals surface area contributed by atoms with E-state index in [9.17, 15) is 14.4 Å². The molecule has 0 aliphatic carbocycles. The van der Waals surface area contributed by atoms with Crippen LogP contribution in [0, 0.1) is 0 Å². The highest BCUT2D eigenvalue weighted by molar-refractivity contribution is 5.94. The Morgan fingerprint density at radius 1 is 1.00 bits per heavy atom. The van der Waals surface area contributed by atoms with Gasteiger partial charge >= 0.3 is 6.09 Å². The van der Waals surface area contributed by atoms with Crippen molar-refractivity contribution < 1.29 is 19.1 Å². The van der Waals surface area contributed by atoms with Crippen LogP contribution >= 0.6 is 0 Å². The predicted octanol–water partition coefficient (Wildman–Crippen LogP) is 2.68. The molecule has 122 valence electrons. The molecule has 24 heavy (non-hydrogen) atoms. The van der Waals surface area contributed by atoms with Gasteiger partial charge in [0.15, 0.2) is 0 Å². The number of imide groups is 1. The quantitative estimate of drug-likeness (QED) is 0.829. The molecule has 2 aromatic carbocycles. The zero-order chi connectivity index (χ0) is 17.2. The second-order valence-electron chi connectivity index (χ2n) is 4.71. The molecular weight excluding hydrogens is 308 g/mol. The van der Waals surface area contributed by atoms with Gasteiger partial charge in [-0.15, -0.1) is 0 Å². The molecule has 0 aliphatic heterocycles. The minimum Gasteiger partial charge on any atom is -0.444 e. The molecule has 1 N–H and O–H groups in total. The molecule has 0 aromatic heterocycles. The summed E-state index contributed by atoms with van der Waals surface area (Å²) in [5.41, 5.74) is 1.27. The minimum atomic E-state index is -0.834. The van der Waals surface area contributed by atoms with Crippen LogP contribution < -0.4 is 5.32 Å². The van der Waals surface area contributed by atoms with Gasteiger partial charge in [0.2, 0.25) is 6.41 Å². The highest BCUT2D eigenvalue weighted by Crippen LogP contribution is 2.03. The Balaban J connectivity index is 1.85. The summed E-state index contributed by atoms with van der Waals surface area (Å²) in [5.74, 6) is -0.352. The average molecular weight is 324 g/mol. The third-order valence-corrected chi connectivity index (χ3v) is 3.02. The number of hydrogen-bond donors (Lipinski definition) is 1. The minimum absolute atomic E-state index is 0.0498. The van der Waals surface area contributed by atoms with E-state index in [-0.39, 0.29) is 12.5 Å². The molecular formula is C18H16N2O4. The van der Waals surface area contributed by atoms with Gasteiger partial charge in [-0.2, -0.15) is 0 Å². The summed E-state index contributed by atoms with van der Waals surface area (Å²) in [5, 5.41) is 2.46. The summed E-state index contributed by atoms with van der Waals surface area (Å²) in [7, 11) is 0. The molecule has 0 fully saturated rings. The van der Waals surface area contributed by atoms with Crippen molar-refractivity contribution in [2.24, 2.45) is 0 Å². The van der Waals surface area contributed by atoms with Gasteiger partial charge in [0.1, 0.15) is 6.61 Å². The van der Waals surface area contributed by atoms with Gasteiger partial charge in [0, 0.05) is 18.0 Å². The first-order valence-electron chi connectivity index (χ1n) is 7.17. The fourth-order valence-corrected chi connectivity index (χ4v) is 1.80. The summed E-state index contributed by atoms with van der Waals surface area (Å²) in [6.07, 6.45) is 1.80. The molecule has 0 unspecified atom stereocenters. The van der Waals surface area contributed by atoms with Crippen LogP contribution in [0.2, 0.25) is 0 Å². The fraction of sp³-hybridized carbons (Fsp3) is 0.0556. The number of amides is 3. The second kappa shape index (κ2) is 8.89. The van der Waals surface area contributed by atoms with Gasteiger partial charge in [0.25, 0.3) is 5.91 Å². The molecule has 2 rings (SSSR count). The first-order chi connectivity index (χ1) is 11.7. The van der Waals surface area contributed by atoms with Crippen LogP contribution in [0.15, 0.2) is 73.1 Å². The lowest BCUT2D eigenvalue weighted by atomic mass is 10.2. The first-order valence-corrected chi connectivity index (χ1v) is 7.17. The highest BCUT2D eigenvalue weighted by atomic mass is 16.6. The maximum absolute atomic E-state index is 11.8. The number of nitrogens with zero attached hydrogens (tertiary/aromatic N) is 1. The normalized spacial score (nSPS) is 10.2. The number of ether oxygens (including phenoxy) is 1. The summed E-state index contributed by atoms with van der Waals surface area (Å²) >= 11 is 0. The van der Waals surface area contributed by atoms with Crippen LogP contribution in [-0.2, 0) is 16.1 Å². The van der Waals surface area contributed by atoms with E-state index in [2.05, 4.69) is 5.32 Å². The third-order valence-electron chi connectivity index (χ3n) is 3.02. The average Bonchev–Trinajstić information content (AvgIpc) is 2.64. The van der Waals surface area contributed by atoms with E-state index < -0.39 is 6.09 Å². The highest BCUT2D eigenvalue weighted by Gasteiger charge is 2.11. The number of rotatable bonds is 6. The van der Waals surface area contributed by atoms with Crippen molar-refractivity contribution in [3.8, 4) is 0 Å². The van der Waals surface area contributed by atoms with E-state index >= 15 is 0 Å². The van der Waals surface area contributed by atoms with Gasteiger partial charge in [-0.05, 0) is 17.7 Å². The van der Waals surface area contributed by atoms with Crippen LogP contribution in [-0.4, -0.2) is 23.3 Å². The van der Waals surface area contributed by atoms with Crippen molar-refractivity contribution in [2.45, 2.75) is 6.61 Å². The lowest BCUT2D eigenvalue weighted by Gasteiger charge is -2.11. The molecule has 0 saturated heterocycles. The Hall–Kier alpha value is -3.41. The fourth-order valence-electron chi connectivity index (χ4n) is 1.80. The van der Waals surface area contributed by atoms with Gasteiger partial charge in [0.05, 0.1) is 0 Å². The summed E-state index contributed by atoms with van der Waals surface area (Å²) in [6, 6.07) is 17.6. The monoisotopic (exact) mass is 324 g/mol. The Labute approximate surface area is 139 Å². The first kappa shape index (κ1) is 17.0. The van der Waals surface area contributed by atoms with Crippen LogP contribution in [0.1, 0.15) is 15.9 Å². The maximum atomic E-state index is 11.8. The Bertz CT molecular complexity index is 714. The predicted molar refractivity (Wildman–Crippen MR) is 87.6 cm³/mol. The molecule has 0 spiro atoms. The Kier molecular flexibility index (Phi) is 6.28. The van der Waals surface area contributed by atoms with Gasteiger partial charge in [-0.25, -0.2) is 9.69 Å². The van der Waals surface area contributed by atoms with E-state index in [1.807, 2.05) is 18.2 Å². The topological polar surface area (TPSA) is 75.7 Å². The third kappa shape index (κ3) is 5.10. The van der Waals surface area contributed by atoms with E-state index in [4.69, 9.17) is 4.74 Å². The lowest BCUT2D eigenvalue weighted by molar-refractivity contribution is -0.114. The van der Waals surface area contributed by atoms with E-state index in [0.29, 0.717) is 16.9 Å². The molecule has 6 heteroatoms. The summed E-state index contributed by atoms with van der Waals surface area (Å²) in [4.78, 5) is 35.3. The largest absolute Gasteiger partial charge is 0.444 e. The van der Waals surface area contributed by atoms with Crippen molar-refractivity contribution in [3.05, 3.63) is 84.2 Å². The lowest BCUT2D eigenvalue weighted by Crippen LogP contribution is -2.26. The van der Waals surface area contributed by atoms with Crippen LogP contribution in [0.25, 0.3) is 0 Å². The van der Waals surface area contributed by atoms with Gasteiger partial charge < -0.3 is 10.1 Å². The number of hydrogen-bond acceptors (Lipinski definition) is 4. The number of carbonyl (C=O) groups excluding carboxylic acids is 3. The molecule has 0 radical (unpaired) electrons. The molecule has 0 bridgehead atoms. The SMILES string of the molecule is O=CN(/C=C\NC(=O)c1ccccc1)C(=O)OCc1ccccc1. The smallest absolute Gasteiger partial charge is 0.420 e. The van der Waals surface area contributed by atoms with E-state index in [1.165, 1.54) is 6.20 Å². The van der Waals surface area contributed by atoms with E-state index in [1.54, 1.807) is 42.5 Å². The molecule has 2 aromatic rings. The van der Waals surface area contributed by atoms with Crippen molar-refractivity contribution >= 4 is 18.4 Å². The van der Waals surface area contributed by atoms with Crippen molar-refractivity contribution in [1.82, 2.24) is 10.2 Å². The Morgan fingerprint density at radius 3 is 2.25 bits per heavy atom. The van der Waals surface area contributed by atoms with Crippen LogP contribution in [0.3, 0.4) is 0 Å². The van der Waals surface area contributed by atoms with Gasteiger partial charge in [-0.1, -0.05) is 48.5 Å². The maximum Gasteiger partial charge on any atom is 0.420 e. The van der Waals surface area contributed by atoms with Crippen LogP contribution in [0.5, 0.6) is 0 Å². The molecule has 0 aliphatic rings. The van der Waals surface area contributed by atoms with E-state index in [0.717, 1.165) is 11.8 Å². The zero-order valence-electron chi connectivity index (χ0n) is 12.8. The van der Waals surface area contributed by atoms with Crippen molar-refractivity contribution in [3.63, 3.8) is 0 Å². The molecule has 6 nitrogen and oxygen atoms in total. The van der Waals surface area contributed by atoms with Crippen molar-refractivity contribution in [1.29, 1.82) is 0 Å². The molecule has 0 saturated carbocycles. The van der Waals surface area contributed by atoms with Gasteiger partial charge in [-0.3, -0.25) is 9.59 Å². The molecule has 0 heterocycles. The van der Waals surface area contributed by atoms with Crippen LogP contribution in [0.4, 0.5) is 4.79 Å². The number of nitrogens with one attached hydrogen (secondary N) is 1. The number of carbonyl (C=O) groups is 3. The molecule has 3 amide bonds. The van der Waals surface area contributed by atoms with Crippen molar-refractivity contribution in [2.75, 3.05) is 0 Å². The number of benzene rings is 2. The zero-order valence-corrected chi connectivity index (χ0v) is 12.8. The second-order valence-corrected chi connectivity index (χ2v) is 4.71. The summed E-state index contributed by atoms with van der Waals surface area (Å²) in [6.45, 7) is 0.0498. The standard InChI is InChI=1S/C18H16N2O4/c21-14-20(18(23)24-13-15-7-3-1-4-8-15)12-11-19-17(22)16-9-5-2-6-10-16/h1-12,14H,13H2,(H,19,22)/b12-11-. The summed E-state index contributed by atoms with van der Waals surface area (Å²) < 4.78 is 5.02. The molecule has 0 atom stereocenters. The Morgan fingerprint density at radius 2 is 1.62 bits per heavy atom.